The van der Waals surface area contributed by atoms with Crippen LogP contribution >= 0.6 is 12.2 Å². The molecule has 0 aliphatic carbocycles. The summed E-state index contributed by atoms with van der Waals surface area (Å²) in [5.41, 5.74) is 4.72. The first-order chi connectivity index (χ1) is 13.6. The van der Waals surface area contributed by atoms with Gasteiger partial charge in [-0.2, -0.15) is 0 Å². The smallest absolute Gasteiger partial charge is 0.171 e. The van der Waals surface area contributed by atoms with Crippen molar-refractivity contribution in [2.45, 2.75) is 19.9 Å². The van der Waals surface area contributed by atoms with Crippen LogP contribution in [0.2, 0.25) is 0 Å². The number of aryl methyl sites for hydroxylation is 2. The maximum absolute atomic E-state index is 5.57. The fourth-order valence-corrected chi connectivity index (χ4v) is 3.74. The van der Waals surface area contributed by atoms with Crippen molar-refractivity contribution in [2.75, 3.05) is 45.3 Å². The number of benzene rings is 2. The lowest BCUT2D eigenvalue weighted by Gasteiger charge is -2.32. The number of quaternary nitrogens is 1. The molecule has 5 nitrogen and oxygen atoms in total. The van der Waals surface area contributed by atoms with Crippen LogP contribution in [0.15, 0.2) is 42.5 Å². The topological polar surface area (TPSA) is 47.0 Å². The number of hydrogen-bond donors (Lipinski definition) is 3. The van der Waals surface area contributed by atoms with Crippen molar-refractivity contribution in [3.8, 4) is 5.75 Å². The number of rotatable bonds is 6. The van der Waals surface area contributed by atoms with E-state index < -0.39 is 0 Å². The maximum Gasteiger partial charge on any atom is 0.171 e. The maximum atomic E-state index is 5.57. The van der Waals surface area contributed by atoms with Crippen LogP contribution in [-0.2, 0) is 4.74 Å². The van der Waals surface area contributed by atoms with Gasteiger partial charge in [0, 0.05) is 11.3 Å². The molecule has 6 heteroatoms. The van der Waals surface area contributed by atoms with E-state index in [1.165, 1.54) is 21.6 Å². The number of ether oxygens (including phenoxy) is 2. The number of hydrogen-bond acceptors (Lipinski definition) is 3. The van der Waals surface area contributed by atoms with Gasteiger partial charge in [-0.1, -0.05) is 12.1 Å². The molecule has 1 fully saturated rings. The Morgan fingerprint density at radius 3 is 2.54 bits per heavy atom. The lowest BCUT2D eigenvalue weighted by atomic mass is 10.0. The highest BCUT2D eigenvalue weighted by molar-refractivity contribution is 7.80. The molecule has 150 valence electrons. The Morgan fingerprint density at radius 2 is 1.86 bits per heavy atom. The summed E-state index contributed by atoms with van der Waals surface area (Å²) in [5, 5.41) is 7.43. The Balaban J connectivity index is 1.68. The number of morpholine rings is 1. The van der Waals surface area contributed by atoms with Gasteiger partial charge >= 0.3 is 0 Å². The minimum Gasteiger partial charge on any atom is -0.497 e. The molecule has 1 heterocycles. The molecule has 0 aromatic heterocycles. The lowest BCUT2D eigenvalue weighted by molar-refractivity contribution is -0.937. The van der Waals surface area contributed by atoms with Crippen molar-refractivity contribution < 1.29 is 14.4 Å². The van der Waals surface area contributed by atoms with E-state index in [2.05, 4.69) is 54.8 Å². The molecule has 2 aromatic rings. The fourth-order valence-electron chi connectivity index (χ4n) is 3.55. The predicted octanol–water partition coefficient (Wildman–Crippen LogP) is 2.25. The molecule has 1 aliphatic heterocycles. The highest BCUT2D eigenvalue weighted by atomic mass is 32.1. The Labute approximate surface area is 173 Å². The van der Waals surface area contributed by atoms with Crippen LogP contribution in [0.5, 0.6) is 5.75 Å². The molecule has 28 heavy (non-hydrogen) atoms. The first kappa shape index (κ1) is 20.6. The van der Waals surface area contributed by atoms with E-state index in [0.29, 0.717) is 11.2 Å². The van der Waals surface area contributed by atoms with Gasteiger partial charge in [0.25, 0.3) is 0 Å². The summed E-state index contributed by atoms with van der Waals surface area (Å²) >= 11 is 5.57. The third kappa shape index (κ3) is 5.44. The molecule has 0 amide bonds. The monoisotopic (exact) mass is 400 g/mol. The molecule has 1 atom stereocenters. The summed E-state index contributed by atoms with van der Waals surface area (Å²) in [6, 6.07) is 15.0. The molecule has 0 spiro atoms. The van der Waals surface area contributed by atoms with Crippen molar-refractivity contribution in [3.63, 3.8) is 0 Å². The first-order valence-electron chi connectivity index (χ1n) is 9.75. The quantitative estimate of drug-likeness (QED) is 0.650. The molecule has 2 aromatic carbocycles. The number of anilines is 1. The number of thiocarbonyl (C=S) groups is 1. The third-order valence-electron chi connectivity index (χ3n) is 5.25. The van der Waals surface area contributed by atoms with Crippen LogP contribution in [0.3, 0.4) is 0 Å². The summed E-state index contributed by atoms with van der Waals surface area (Å²) in [6.07, 6.45) is 0. The van der Waals surface area contributed by atoms with Crippen molar-refractivity contribution in [1.29, 1.82) is 0 Å². The summed E-state index contributed by atoms with van der Waals surface area (Å²) in [6.45, 7) is 8.52. The van der Waals surface area contributed by atoms with Crippen LogP contribution in [0.25, 0.3) is 0 Å². The standard InChI is InChI=1S/C22H29N3O2S/c1-16-4-5-17(2)20(14-16)24-22(28)23-15-21(25-10-12-27-13-11-25)18-6-8-19(26-3)9-7-18/h4-9,14,21H,10-13,15H2,1-3H3,(H2,23,24,28)/p+1/t21-/m0/s1. The lowest BCUT2D eigenvalue weighted by Crippen LogP contribution is -3.15. The minimum absolute atomic E-state index is 0.299. The van der Waals surface area contributed by atoms with Crippen LogP contribution in [0, 0.1) is 13.8 Å². The molecule has 0 bridgehead atoms. The Kier molecular flexibility index (Phi) is 7.25. The van der Waals surface area contributed by atoms with Crippen molar-refractivity contribution in [3.05, 3.63) is 59.2 Å². The number of methoxy groups -OCH3 is 1. The van der Waals surface area contributed by atoms with E-state index in [9.17, 15) is 0 Å². The first-order valence-corrected chi connectivity index (χ1v) is 10.2. The van der Waals surface area contributed by atoms with Crippen LogP contribution in [0.4, 0.5) is 5.69 Å². The van der Waals surface area contributed by atoms with E-state index in [-0.39, 0.29) is 0 Å². The molecule has 0 saturated carbocycles. The van der Waals surface area contributed by atoms with Gasteiger partial charge < -0.3 is 25.0 Å². The molecule has 0 radical (unpaired) electrons. The number of nitrogens with one attached hydrogen (secondary N) is 3. The Morgan fingerprint density at radius 1 is 1.14 bits per heavy atom. The second kappa shape index (κ2) is 9.87. The molecule has 3 N–H and O–H groups in total. The normalized spacial score (nSPS) is 15.7. The summed E-state index contributed by atoms with van der Waals surface area (Å²) < 4.78 is 10.9. The van der Waals surface area contributed by atoms with Gasteiger partial charge in [0.05, 0.1) is 26.9 Å². The van der Waals surface area contributed by atoms with Gasteiger partial charge in [-0.05, 0) is 67.5 Å². The SMILES string of the molecule is COc1ccc([C@H](CNC(=S)Nc2cc(C)ccc2C)[NH+]2CCOCC2)cc1. The fraction of sp³-hybridized carbons (Fsp3) is 0.409. The van der Waals surface area contributed by atoms with Gasteiger partial charge in [-0.25, -0.2) is 0 Å². The van der Waals surface area contributed by atoms with Gasteiger partial charge in [0.15, 0.2) is 5.11 Å². The predicted molar refractivity (Wildman–Crippen MR) is 117 cm³/mol. The Hall–Kier alpha value is -2.15. The van der Waals surface area contributed by atoms with Gasteiger partial charge in [-0.3, -0.25) is 0 Å². The summed E-state index contributed by atoms with van der Waals surface area (Å²) in [7, 11) is 1.69. The second-order valence-corrected chi connectivity index (χ2v) is 7.66. The Bertz CT molecular complexity index is 789. The zero-order chi connectivity index (χ0) is 19.9. The summed E-state index contributed by atoms with van der Waals surface area (Å²) in [4.78, 5) is 1.51. The van der Waals surface area contributed by atoms with E-state index >= 15 is 0 Å². The van der Waals surface area contributed by atoms with Crippen molar-refractivity contribution in [2.24, 2.45) is 0 Å². The average Bonchev–Trinajstić information content (AvgIpc) is 2.72. The van der Waals surface area contributed by atoms with Crippen LogP contribution in [0.1, 0.15) is 22.7 Å². The molecule has 0 unspecified atom stereocenters. The largest absolute Gasteiger partial charge is 0.497 e. The molecular weight excluding hydrogens is 370 g/mol. The zero-order valence-electron chi connectivity index (χ0n) is 16.9. The van der Waals surface area contributed by atoms with E-state index in [4.69, 9.17) is 21.7 Å². The van der Waals surface area contributed by atoms with E-state index in [0.717, 1.165) is 44.3 Å². The zero-order valence-corrected chi connectivity index (χ0v) is 17.7. The molecule has 3 rings (SSSR count). The van der Waals surface area contributed by atoms with Gasteiger partial charge in [0.2, 0.25) is 0 Å². The average molecular weight is 401 g/mol. The van der Waals surface area contributed by atoms with E-state index in [1.807, 2.05) is 12.1 Å². The van der Waals surface area contributed by atoms with E-state index in [1.54, 1.807) is 7.11 Å². The van der Waals surface area contributed by atoms with Crippen LogP contribution in [-0.4, -0.2) is 45.1 Å². The third-order valence-corrected chi connectivity index (χ3v) is 5.50. The van der Waals surface area contributed by atoms with Crippen molar-refractivity contribution in [1.82, 2.24) is 5.32 Å². The molecule has 1 aliphatic rings. The van der Waals surface area contributed by atoms with Gasteiger partial charge in [0.1, 0.15) is 24.9 Å². The van der Waals surface area contributed by atoms with Gasteiger partial charge in [-0.15, -0.1) is 0 Å². The van der Waals surface area contributed by atoms with Crippen molar-refractivity contribution >= 4 is 23.0 Å². The second-order valence-electron chi connectivity index (χ2n) is 7.25. The highest BCUT2D eigenvalue weighted by Gasteiger charge is 2.26. The molecular formula is C22H30N3O2S+. The molecule has 1 saturated heterocycles. The highest BCUT2D eigenvalue weighted by Crippen LogP contribution is 2.17. The summed E-state index contributed by atoms with van der Waals surface area (Å²) in [5.74, 6) is 0.875. The van der Waals surface area contributed by atoms with Crippen LogP contribution < -0.4 is 20.3 Å². The minimum atomic E-state index is 0.299.